The van der Waals surface area contributed by atoms with Crippen LogP contribution in [0.4, 0.5) is 0 Å². The van der Waals surface area contributed by atoms with Crippen molar-refractivity contribution in [2.24, 2.45) is 0 Å². The molecule has 314 valence electrons. The minimum absolute atomic E-state index is 0.0281. The lowest BCUT2D eigenvalue weighted by Crippen LogP contribution is -2.19. The Balaban J connectivity index is 1.78. The van der Waals surface area contributed by atoms with Gasteiger partial charge in [-0.2, -0.15) is 0 Å². The molecule has 5 nitrogen and oxygen atoms in total. The first-order valence-electron chi connectivity index (χ1n) is 20.5. The maximum absolute atomic E-state index is 12.4. The summed E-state index contributed by atoms with van der Waals surface area (Å²) in [6.07, 6.45) is 1.20. The summed E-state index contributed by atoms with van der Waals surface area (Å²) in [6, 6.07) is 24.7. The molecule has 0 bridgehead atoms. The first-order chi connectivity index (χ1) is 26.1. The molecule has 0 aromatic heterocycles. The molecule has 7 heteroatoms. The Morgan fingerprint density at radius 2 is 0.759 bits per heavy atom. The van der Waals surface area contributed by atoms with Gasteiger partial charge < -0.3 is 13.6 Å². The van der Waals surface area contributed by atoms with Crippen molar-refractivity contribution >= 4 is 40.0 Å². The maximum Gasteiger partial charge on any atom is 0.530 e. The number of benzene rings is 5. The van der Waals surface area contributed by atoms with Gasteiger partial charge in [-0.25, -0.2) is 8.42 Å². The molecule has 0 spiro atoms. The molecular weight excluding hydrogens is 756 g/mol. The number of fused-ring (bicyclic) bond motifs is 2. The van der Waals surface area contributed by atoms with Crippen LogP contribution < -0.4 is 13.6 Å². The van der Waals surface area contributed by atoms with Gasteiger partial charge in [-0.3, -0.25) is 0 Å². The van der Waals surface area contributed by atoms with Gasteiger partial charge >= 0.3 is 8.60 Å². The van der Waals surface area contributed by atoms with E-state index in [1.165, 1.54) is 39.3 Å². The van der Waals surface area contributed by atoms with Gasteiger partial charge in [0.2, 0.25) is 0 Å². The fourth-order valence-electron chi connectivity index (χ4n) is 7.26. The monoisotopic (exact) mass is 824 g/mol. The van der Waals surface area contributed by atoms with Crippen LogP contribution in [-0.4, -0.2) is 14.7 Å². The van der Waals surface area contributed by atoms with E-state index < -0.39 is 18.4 Å². The molecule has 0 heterocycles. The van der Waals surface area contributed by atoms with E-state index in [1.54, 1.807) is 24.3 Å². The van der Waals surface area contributed by atoms with E-state index in [-0.39, 0.29) is 37.4 Å². The molecule has 58 heavy (non-hydrogen) atoms. The van der Waals surface area contributed by atoms with E-state index in [9.17, 15) is 8.42 Å². The molecule has 0 N–H and O–H groups in total. The fraction of sp³-hybridized carbons (Fsp3) is 0.490. The highest BCUT2D eigenvalue weighted by molar-refractivity contribution is 7.90. The second-order valence-corrected chi connectivity index (χ2v) is 25.4. The average molecular weight is 825 g/mol. The molecule has 0 fully saturated rings. The molecule has 5 aromatic rings. The quantitative estimate of drug-likeness (QED) is 0.153. The van der Waals surface area contributed by atoms with Crippen molar-refractivity contribution in [2.45, 2.75) is 162 Å². The second kappa shape index (κ2) is 15.1. The largest absolute Gasteiger partial charge is 0.530 e. The van der Waals surface area contributed by atoms with Crippen molar-refractivity contribution in [1.82, 2.24) is 0 Å². The van der Waals surface area contributed by atoms with Gasteiger partial charge in [0, 0.05) is 17.4 Å². The standard InChI is InChI=1S/C51H69O5PS/c1-46(2,3)34-24-32-26-42(50(13,14)15)44(30-38(32)40(28-34)48(7,8)9)55-57(54-36-20-22-37(23-21-36)58(19,52)53)56-45-31-39-33(27-43(45)51(16,17)18)25-35(47(4,5)6)29-41(39)49(10,11)12/h20-31H,1-19H3. The summed E-state index contributed by atoms with van der Waals surface area (Å²) in [4.78, 5) is 0.216. The Kier molecular flexibility index (Phi) is 11.9. The van der Waals surface area contributed by atoms with Crippen LogP contribution in [0.5, 0.6) is 17.2 Å². The van der Waals surface area contributed by atoms with Crippen molar-refractivity contribution in [2.75, 3.05) is 6.26 Å². The van der Waals surface area contributed by atoms with E-state index in [0.717, 1.165) is 21.9 Å². The minimum atomic E-state index is -3.40. The molecule has 0 aliphatic heterocycles. The Morgan fingerprint density at radius 3 is 1.05 bits per heavy atom. The smallest absolute Gasteiger partial charge is 0.409 e. The first-order valence-corrected chi connectivity index (χ1v) is 23.5. The summed E-state index contributed by atoms with van der Waals surface area (Å²) >= 11 is 0. The van der Waals surface area contributed by atoms with E-state index in [1.807, 2.05) is 0 Å². The van der Waals surface area contributed by atoms with Crippen molar-refractivity contribution in [1.29, 1.82) is 0 Å². The number of rotatable bonds is 7. The zero-order chi connectivity index (χ0) is 43.8. The first kappa shape index (κ1) is 45.5. The Hall–Kier alpha value is -3.60. The summed E-state index contributed by atoms with van der Waals surface area (Å²) in [5, 5.41) is 4.60. The third kappa shape index (κ3) is 10.2. The van der Waals surface area contributed by atoms with E-state index in [2.05, 4.69) is 173 Å². The zero-order valence-electron chi connectivity index (χ0n) is 38.8. The Morgan fingerprint density at radius 1 is 0.414 bits per heavy atom. The SMILES string of the molecule is CC(C)(C)c1cc(C(C)(C)C)c2cc(OP(Oc3ccc(S(C)(=O)=O)cc3)Oc3cc4c(C(C)(C)C)cc(C(C)(C)C)cc4cc3C(C)(C)C)c(C(C)(C)C)cc2c1. The van der Waals surface area contributed by atoms with Crippen LogP contribution in [-0.2, 0) is 42.3 Å². The number of sulfone groups is 1. The van der Waals surface area contributed by atoms with Crippen molar-refractivity contribution < 1.29 is 22.0 Å². The van der Waals surface area contributed by atoms with Crippen molar-refractivity contribution in [3.8, 4) is 17.2 Å². The number of hydrogen-bond acceptors (Lipinski definition) is 5. The Labute approximate surface area is 352 Å². The molecule has 0 aliphatic carbocycles. The van der Waals surface area contributed by atoms with Crippen LogP contribution in [0.2, 0.25) is 0 Å². The normalized spacial score (nSPS) is 13.7. The molecule has 0 amide bonds. The topological polar surface area (TPSA) is 61.8 Å². The fourth-order valence-corrected chi connectivity index (χ4v) is 8.92. The Bertz CT molecular complexity index is 2300. The van der Waals surface area contributed by atoms with Crippen LogP contribution in [0.15, 0.2) is 77.7 Å². The summed E-state index contributed by atoms with van der Waals surface area (Å²) < 4.78 is 45.7. The average Bonchev–Trinajstić information content (AvgIpc) is 3.03. The van der Waals surface area contributed by atoms with Gasteiger partial charge in [0.25, 0.3) is 0 Å². The van der Waals surface area contributed by atoms with Gasteiger partial charge in [-0.15, -0.1) is 0 Å². The zero-order valence-corrected chi connectivity index (χ0v) is 40.5. The molecule has 0 atom stereocenters. The van der Waals surface area contributed by atoms with Crippen LogP contribution in [0, 0.1) is 0 Å². The minimum Gasteiger partial charge on any atom is -0.409 e. The molecule has 5 rings (SSSR count). The summed E-state index contributed by atoms with van der Waals surface area (Å²) in [5.41, 5.74) is 6.26. The molecule has 0 aliphatic rings. The van der Waals surface area contributed by atoms with E-state index in [4.69, 9.17) is 13.6 Å². The van der Waals surface area contributed by atoms with Crippen molar-refractivity contribution in [3.63, 3.8) is 0 Å². The maximum atomic E-state index is 12.4. The molecule has 0 saturated heterocycles. The highest BCUT2D eigenvalue weighted by Gasteiger charge is 2.32. The van der Waals surface area contributed by atoms with Crippen molar-refractivity contribution in [3.05, 3.63) is 106 Å². The summed E-state index contributed by atoms with van der Waals surface area (Å²) in [7, 11) is -5.54. The van der Waals surface area contributed by atoms with E-state index >= 15 is 0 Å². The predicted octanol–water partition coefficient (Wildman–Crippen LogP) is 14.9. The van der Waals surface area contributed by atoms with Gasteiger partial charge in [0.1, 0.15) is 17.2 Å². The van der Waals surface area contributed by atoms with Gasteiger partial charge in [0.15, 0.2) is 9.84 Å². The van der Waals surface area contributed by atoms with Crippen LogP contribution in [0.1, 0.15) is 158 Å². The molecular formula is C51H69O5PS. The third-order valence-corrected chi connectivity index (χ3v) is 13.0. The van der Waals surface area contributed by atoms with Crippen LogP contribution >= 0.6 is 8.60 Å². The number of hydrogen-bond donors (Lipinski definition) is 0. The predicted molar refractivity (Wildman–Crippen MR) is 248 cm³/mol. The van der Waals surface area contributed by atoms with Gasteiger partial charge in [-0.05, 0) is 125 Å². The molecule has 0 saturated carbocycles. The van der Waals surface area contributed by atoms with Gasteiger partial charge in [-0.1, -0.05) is 149 Å². The highest BCUT2D eigenvalue weighted by atomic mass is 32.2. The molecule has 5 aromatic carbocycles. The third-order valence-electron chi connectivity index (χ3n) is 10.8. The lowest BCUT2D eigenvalue weighted by molar-refractivity contribution is 0.377. The van der Waals surface area contributed by atoms with Gasteiger partial charge in [0.05, 0.1) is 4.90 Å². The van der Waals surface area contributed by atoms with E-state index in [0.29, 0.717) is 17.2 Å². The second-order valence-electron chi connectivity index (χ2n) is 22.4. The lowest BCUT2D eigenvalue weighted by Gasteiger charge is -2.31. The molecule has 0 unspecified atom stereocenters. The summed E-state index contributed by atoms with van der Waals surface area (Å²) in [5.74, 6) is 1.83. The molecule has 0 radical (unpaired) electrons. The highest BCUT2D eigenvalue weighted by Crippen LogP contribution is 2.51. The summed E-state index contributed by atoms with van der Waals surface area (Å²) in [6.45, 7) is 40.4. The van der Waals surface area contributed by atoms with Crippen LogP contribution in [0.3, 0.4) is 0 Å². The van der Waals surface area contributed by atoms with Crippen LogP contribution in [0.25, 0.3) is 21.5 Å². The lowest BCUT2D eigenvalue weighted by atomic mass is 9.76.